The molecule has 0 bridgehead atoms. The zero-order chi connectivity index (χ0) is 13.2. The molecule has 1 N–H and O–H groups in total. The fourth-order valence-corrected chi connectivity index (χ4v) is 4.51. The van der Waals surface area contributed by atoms with Gasteiger partial charge in [-0.25, -0.2) is 0 Å². The van der Waals surface area contributed by atoms with Crippen LogP contribution in [0.4, 0.5) is 0 Å². The molecule has 2 heterocycles. The Labute approximate surface area is 126 Å². The topological polar surface area (TPSA) is 21.3 Å². The molecule has 2 unspecified atom stereocenters. The van der Waals surface area contributed by atoms with E-state index in [4.69, 9.17) is 4.74 Å². The predicted molar refractivity (Wildman–Crippen MR) is 84.9 cm³/mol. The summed E-state index contributed by atoms with van der Waals surface area (Å²) in [7, 11) is 0. The number of rotatable bonds is 4. The minimum absolute atomic E-state index is 0.413. The molecule has 1 fully saturated rings. The Bertz CT molecular complexity index is 562. The molecule has 1 aromatic carbocycles. The first-order valence-electron chi connectivity index (χ1n) is 6.78. The number of fused-ring (bicyclic) bond motifs is 1. The van der Waals surface area contributed by atoms with Gasteiger partial charge in [-0.1, -0.05) is 19.1 Å². The van der Waals surface area contributed by atoms with Gasteiger partial charge in [0.15, 0.2) is 0 Å². The third-order valence-electron chi connectivity index (χ3n) is 3.78. The third kappa shape index (κ3) is 2.59. The molecule has 4 heteroatoms. The van der Waals surface area contributed by atoms with Crippen molar-refractivity contribution in [3.63, 3.8) is 0 Å². The molecule has 0 aliphatic carbocycles. The summed E-state index contributed by atoms with van der Waals surface area (Å²) in [5.41, 5.74) is 1.43. The smallest absolute Gasteiger partial charge is 0.0513 e. The van der Waals surface area contributed by atoms with Crippen molar-refractivity contribution in [2.75, 3.05) is 19.8 Å². The molecule has 0 saturated carbocycles. The lowest BCUT2D eigenvalue weighted by atomic mass is 9.92. The summed E-state index contributed by atoms with van der Waals surface area (Å²) in [5.74, 6) is 0.594. The molecule has 3 rings (SSSR count). The van der Waals surface area contributed by atoms with Gasteiger partial charge in [-0.3, -0.25) is 0 Å². The van der Waals surface area contributed by atoms with Gasteiger partial charge in [0.05, 0.1) is 6.61 Å². The second kappa shape index (κ2) is 5.92. The SMILES string of the molecule is CCNC(c1csc2c(Br)cccc12)C1CCOC1. The number of hydrogen-bond donors (Lipinski definition) is 1. The van der Waals surface area contributed by atoms with Crippen LogP contribution in [-0.4, -0.2) is 19.8 Å². The summed E-state index contributed by atoms with van der Waals surface area (Å²) in [4.78, 5) is 0. The van der Waals surface area contributed by atoms with E-state index in [-0.39, 0.29) is 0 Å². The number of hydrogen-bond acceptors (Lipinski definition) is 3. The van der Waals surface area contributed by atoms with E-state index in [1.54, 1.807) is 0 Å². The van der Waals surface area contributed by atoms with E-state index in [0.717, 1.165) is 26.2 Å². The monoisotopic (exact) mass is 339 g/mol. The Morgan fingerprint density at radius 3 is 3.16 bits per heavy atom. The van der Waals surface area contributed by atoms with Crippen molar-refractivity contribution in [2.45, 2.75) is 19.4 Å². The van der Waals surface area contributed by atoms with Crippen LogP contribution in [-0.2, 0) is 4.74 Å². The zero-order valence-electron chi connectivity index (χ0n) is 11.0. The van der Waals surface area contributed by atoms with Gasteiger partial charge in [0.1, 0.15) is 0 Å². The maximum Gasteiger partial charge on any atom is 0.0513 e. The second-order valence-electron chi connectivity index (χ2n) is 4.97. The van der Waals surface area contributed by atoms with Crippen molar-refractivity contribution in [3.8, 4) is 0 Å². The number of benzene rings is 1. The van der Waals surface area contributed by atoms with Crippen molar-refractivity contribution in [1.82, 2.24) is 5.32 Å². The first-order chi connectivity index (χ1) is 9.31. The molecular weight excluding hydrogens is 322 g/mol. The van der Waals surface area contributed by atoms with Crippen LogP contribution in [0.15, 0.2) is 28.1 Å². The van der Waals surface area contributed by atoms with Gasteiger partial charge in [0.25, 0.3) is 0 Å². The molecule has 0 spiro atoms. The van der Waals surface area contributed by atoms with Crippen molar-refractivity contribution < 1.29 is 4.74 Å². The van der Waals surface area contributed by atoms with E-state index in [1.807, 2.05) is 11.3 Å². The molecule has 1 aromatic heterocycles. The highest BCUT2D eigenvalue weighted by Gasteiger charge is 2.28. The summed E-state index contributed by atoms with van der Waals surface area (Å²) < 4.78 is 8.11. The zero-order valence-corrected chi connectivity index (χ0v) is 13.4. The van der Waals surface area contributed by atoms with Crippen LogP contribution in [0.3, 0.4) is 0 Å². The molecular formula is C15H18BrNOS. The molecule has 2 atom stereocenters. The highest BCUT2D eigenvalue weighted by Crippen LogP contribution is 2.39. The maximum atomic E-state index is 5.57. The largest absolute Gasteiger partial charge is 0.381 e. The molecule has 0 amide bonds. The van der Waals surface area contributed by atoms with Crippen LogP contribution in [0.5, 0.6) is 0 Å². The number of thiophene rings is 1. The molecule has 1 aliphatic heterocycles. The van der Waals surface area contributed by atoms with Crippen LogP contribution >= 0.6 is 27.3 Å². The summed E-state index contributed by atoms with van der Waals surface area (Å²) in [6.45, 7) is 4.95. The highest BCUT2D eigenvalue weighted by molar-refractivity contribution is 9.10. The standard InChI is InChI=1S/C15H18BrNOS/c1-2-17-14(10-6-7-18-8-10)12-9-19-15-11(12)4-3-5-13(15)16/h3-5,9-10,14,17H,2,6-8H2,1H3. The summed E-state index contributed by atoms with van der Waals surface area (Å²) in [6, 6.07) is 6.88. The lowest BCUT2D eigenvalue weighted by Crippen LogP contribution is -2.28. The number of halogens is 1. The third-order valence-corrected chi connectivity index (χ3v) is 5.75. The van der Waals surface area contributed by atoms with E-state index in [0.29, 0.717) is 12.0 Å². The fourth-order valence-electron chi connectivity index (χ4n) is 2.85. The van der Waals surface area contributed by atoms with Gasteiger partial charge in [0, 0.05) is 27.7 Å². The van der Waals surface area contributed by atoms with E-state index < -0.39 is 0 Å². The van der Waals surface area contributed by atoms with Crippen molar-refractivity contribution in [3.05, 3.63) is 33.6 Å². The molecule has 1 saturated heterocycles. The van der Waals surface area contributed by atoms with Gasteiger partial charge in [-0.05, 0) is 51.3 Å². The lowest BCUT2D eigenvalue weighted by Gasteiger charge is -2.23. The highest BCUT2D eigenvalue weighted by atomic mass is 79.9. The van der Waals surface area contributed by atoms with Gasteiger partial charge in [-0.15, -0.1) is 11.3 Å². The van der Waals surface area contributed by atoms with Crippen LogP contribution in [0, 0.1) is 5.92 Å². The van der Waals surface area contributed by atoms with Crippen LogP contribution < -0.4 is 5.32 Å². The first kappa shape index (κ1) is 13.6. The van der Waals surface area contributed by atoms with Crippen molar-refractivity contribution in [2.24, 2.45) is 5.92 Å². The number of ether oxygens (including phenoxy) is 1. The molecule has 102 valence electrons. The number of nitrogens with one attached hydrogen (secondary N) is 1. The van der Waals surface area contributed by atoms with Crippen molar-refractivity contribution in [1.29, 1.82) is 0 Å². The summed E-state index contributed by atoms with van der Waals surface area (Å²) in [5, 5.41) is 7.33. The molecule has 0 radical (unpaired) electrons. The first-order valence-corrected chi connectivity index (χ1v) is 8.45. The van der Waals surface area contributed by atoms with E-state index >= 15 is 0 Å². The average molecular weight is 340 g/mol. The van der Waals surface area contributed by atoms with Crippen molar-refractivity contribution >= 4 is 37.4 Å². The maximum absolute atomic E-state index is 5.57. The molecule has 1 aliphatic rings. The Morgan fingerprint density at radius 2 is 2.42 bits per heavy atom. The minimum atomic E-state index is 0.413. The second-order valence-corrected chi connectivity index (χ2v) is 6.70. The molecule has 2 aromatic rings. The molecule has 2 nitrogen and oxygen atoms in total. The van der Waals surface area contributed by atoms with Gasteiger partial charge < -0.3 is 10.1 Å². The van der Waals surface area contributed by atoms with Crippen LogP contribution in [0.25, 0.3) is 10.1 Å². The van der Waals surface area contributed by atoms with E-state index in [1.165, 1.54) is 20.1 Å². The van der Waals surface area contributed by atoms with Crippen LogP contribution in [0.1, 0.15) is 24.9 Å². The lowest BCUT2D eigenvalue weighted by molar-refractivity contribution is 0.177. The average Bonchev–Trinajstić information content (AvgIpc) is 3.06. The quantitative estimate of drug-likeness (QED) is 0.893. The predicted octanol–water partition coefficient (Wildman–Crippen LogP) is 4.35. The minimum Gasteiger partial charge on any atom is -0.381 e. The van der Waals surface area contributed by atoms with E-state index in [2.05, 4.69) is 51.7 Å². The normalized spacial score (nSPS) is 21.1. The van der Waals surface area contributed by atoms with E-state index in [9.17, 15) is 0 Å². The summed E-state index contributed by atoms with van der Waals surface area (Å²) in [6.07, 6.45) is 1.16. The van der Waals surface area contributed by atoms with Gasteiger partial charge in [0.2, 0.25) is 0 Å². The Balaban J connectivity index is 2.02. The van der Waals surface area contributed by atoms with Gasteiger partial charge in [-0.2, -0.15) is 0 Å². The Hall–Kier alpha value is -0.420. The Kier molecular flexibility index (Phi) is 4.22. The van der Waals surface area contributed by atoms with Gasteiger partial charge >= 0.3 is 0 Å². The summed E-state index contributed by atoms with van der Waals surface area (Å²) >= 11 is 5.47. The fraction of sp³-hybridized carbons (Fsp3) is 0.467. The Morgan fingerprint density at radius 1 is 1.53 bits per heavy atom. The molecule has 19 heavy (non-hydrogen) atoms. The van der Waals surface area contributed by atoms with Crippen LogP contribution in [0.2, 0.25) is 0 Å².